The van der Waals surface area contributed by atoms with Crippen LogP contribution in [0.5, 0.6) is 5.88 Å². The highest BCUT2D eigenvalue weighted by molar-refractivity contribution is 5.64. The van der Waals surface area contributed by atoms with Crippen LogP contribution in [0.1, 0.15) is 25.6 Å². The van der Waals surface area contributed by atoms with Gasteiger partial charge in [-0.2, -0.15) is 4.98 Å². The third kappa shape index (κ3) is 3.23. The zero-order valence-corrected chi connectivity index (χ0v) is 9.69. The van der Waals surface area contributed by atoms with E-state index in [9.17, 15) is 0 Å². The lowest BCUT2D eigenvalue weighted by atomic mass is 10.4. The molecule has 0 radical (unpaired) electrons. The number of ether oxygens (including phenoxy) is 2. The Labute approximate surface area is 95.0 Å². The van der Waals surface area contributed by atoms with Crippen molar-refractivity contribution in [3.05, 3.63) is 5.82 Å². The van der Waals surface area contributed by atoms with Crippen LogP contribution in [0.2, 0.25) is 0 Å². The normalized spacial score (nSPS) is 10.4. The lowest BCUT2D eigenvalue weighted by Crippen LogP contribution is -2.09. The summed E-state index contributed by atoms with van der Waals surface area (Å²) in [6, 6.07) is 0. The first-order valence-electron chi connectivity index (χ1n) is 5.22. The highest BCUT2D eigenvalue weighted by Crippen LogP contribution is 2.23. The van der Waals surface area contributed by atoms with Crippen molar-refractivity contribution in [3.8, 4) is 5.88 Å². The van der Waals surface area contributed by atoms with Crippen LogP contribution in [0.25, 0.3) is 0 Å². The molecule has 1 rings (SSSR count). The van der Waals surface area contributed by atoms with E-state index in [1.165, 1.54) is 0 Å². The molecule has 0 bridgehead atoms. The fraction of sp³-hybridized carbons (Fsp3) is 0.600. The van der Waals surface area contributed by atoms with Gasteiger partial charge in [-0.25, -0.2) is 4.98 Å². The summed E-state index contributed by atoms with van der Waals surface area (Å²) in [5.41, 5.74) is 11.6. The largest absolute Gasteiger partial charge is 0.476 e. The van der Waals surface area contributed by atoms with Gasteiger partial charge in [0.25, 0.3) is 0 Å². The molecule has 1 aromatic heterocycles. The molecule has 16 heavy (non-hydrogen) atoms. The predicted octanol–water partition coefficient (Wildman–Crippen LogP) is 0.966. The average molecular weight is 226 g/mol. The van der Waals surface area contributed by atoms with Crippen molar-refractivity contribution in [2.75, 3.05) is 25.2 Å². The van der Waals surface area contributed by atoms with Gasteiger partial charge in [0, 0.05) is 7.11 Å². The lowest BCUT2D eigenvalue weighted by Gasteiger charge is -2.10. The molecule has 0 spiro atoms. The number of hydrogen-bond donors (Lipinski definition) is 2. The van der Waals surface area contributed by atoms with Gasteiger partial charge in [0.2, 0.25) is 5.88 Å². The highest BCUT2D eigenvalue weighted by atomic mass is 16.5. The minimum absolute atomic E-state index is 0.230. The second-order valence-electron chi connectivity index (χ2n) is 3.38. The summed E-state index contributed by atoms with van der Waals surface area (Å²) < 4.78 is 10.4. The van der Waals surface area contributed by atoms with Crippen molar-refractivity contribution in [1.29, 1.82) is 0 Å². The zero-order chi connectivity index (χ0) is 12.0. The number of aromatic nitrogens is 2. The lowest BCUT2D eigenvalue weighted by molar-refractivity contribution is 0.176. The average Bonchev–Trinajstić information content (AvgIpc) is 2.25. The van der Waals surface area contributed by atoms with Crippen LogP contribution in [0.4, 0.5) is 11.5 Å². The number of unbranched alkanes of at least 4 members (excludes halogenated alkanes) is 1. The Bertz CT molecular complexity index is 344. The molecule has 0 saturated carbocycles. The highest BCUT2D eigenvalue weighted by Gasteiger charge is 2.10. The number of hydrogen-bond acceptors (Lipinski definition) is 6. The summed E-state index contributed by atoms with van der Waals surface area (Å²) in [5, 5.41) is 0. The molecular weight excluding hydrogens is 208 g/mol. The fourth-order valence-electron chi connectivity index (χ4n) is 1.13. The van der Waals surface area contributed by atoms with E-state index in [4.69, 9.17) is 20.9 Å². The molecule has 0 aliphatic heterocycles. The second kappa shape index (κ2) is 6.12. The van der Waals surface area contributed by atoms with Crippen LogP contribution in [0.15, 0.2) is 0 Å². The van der Waals surface area contributed by atoms with E-state index in [2.05, 4.69) is 16.9 Å². The summed E-state index contributed by atoms with van der Waals surface area (Å²) >= 11 is 0. The van der Waals surface area contributed by atoms with E-state index in [1.807, 2.05) is 0 Å². The Kier molecular flexibility index (Phi) is 4.78. The third-order valence-corrected chi connectivity index (χ3v) is 2.00. The van der Waals surface area contributed by atoms with E-state index in [-0.39, 0.29) is 18.1 Å². The standard InChI is InChI=1S/C10H18N4O2/c1-3-4-5-16-10-8(11)9(12)13-7(14-10)6-15-2/h3-6,11H2,1-2H3,(H2,12,13,14). The fourth-order valence-corrected chi connectivity index (χ4v) is 1.13. The Morgan fingerprint density at radius 1 is 1.25 bits per heavy atom. The van der Waals surface area contributed by atoms with E-state index >= 15 is 0 Å². The maximum atomic E-state index is 5.71. The Morgan fingerprint density at radius 3 is 2.62 bits per heavy atom. The maximum absolute atomic E-state index is 5.71. The van der Waals surface area contributed by atoms with Crippen LogP contribution >= 0.6 is 0 Å². The minimum atomic E-state index is 0.230. The van der Waals surface area contributed by atoms with Crippen LogP contribution in [-0.4, -0.2) is 23.7 Å². The second-order valence-corrected chi connectivity index (χ2v) is 3.38. The van der Waals surface area contributed by atoms with E-state index in [0.29, 0.717) is 18.3 Å². The zero-order valence-electron chi connectivity index (χ0n) is 9.69. The molecule has 4 N–H and O–H groups in total. The predicted molar refractivity (Wildman–Crippen MR) is 62.0 cm³/mol. The van der Waals surface area contributed by atoms with Gasteiger partial charge >= 0.3 is 0 Å². The molecule has 1 aromatic rings. The van der Waals surface area contributed by atoms with Crippen LogP contribution in [0.3, 0.4) is 0 Å². The SMILES string of the molecule is CCCCOc1nc(COC)nc(N)c1N. The van der Waals surface area contributed by atoms with Crippen LogP contribution in [0, 0.1) is 0 Å². The van der Waals surface area contributed by atoms with Crippen molar-refractivity contribution in [2.45, 2.75) is 26.4 Å². The molecule has 0 aromatic carbocycles. The molecule has 0 unspecified atom stereocenters. The topological polar surface area (TPSA) is 96.3 Å². The number of nitrogens with zero attached hydrogens (tertiary/aromatic N) is 2. The molecule has 90 valence electrons. The number of methoxy groups -OCH3 is 1. The Morgan fingerprint density at radius 2 is 2.00 bits per heavy atom. The van der Waals surface area contributed by atoms with Gasteiger partial charge in [-0.3, -0.25) is 0 Å². The molecular formula is C10H18N4O2. The van der Waals surface area contributed by atoms with Gasteiger partial charge < -0.3 is 20.9 Å². The summed E-state index contributed by atoms with van der Waals surface area (Å²) in [7, 11) is 1.56. The number of anilines is 2. The molecule has 0 aliphatic rings. The monoisotopic (exact) mass is 226 g/mol. The molecule has 0 amide bonds. The molecule has 1 heterocycles. The van der Waals surface area contributed by atoms with Crippen LogP contribution in [-0.2, 0) is 11.3 Å². The van der Waals surface area contributed by atoms with Crippen molar-refractivity contribution in [2.24, 2.45) is 0 Å². The van der Waals surface area contributed by atoms with Gasteiger partial charge in [0.1, 0.15) is 12.3 Å². The summed E-state index contributed by atoms with van der Waals surface area (Å²) in [5.74, 6) is 1.04. The van der Waals surface area contributed by atoms with E-state index in [0.717, 1.165) is 12.8 Å². The van der Waals surface area contributed by atoms with Crippen molar-refractivity contribution >= 4 is 11.5 Å². The van der Waals surface area contributed by atoms with Gasteiger partial charge in [-0.1, -0.05) is 13.3 Å². The molecule has 6 nitrogen and oxygen atoms in total. The third-order valence-electron chi connectivity index (χ3n) is 2.00. The molecule has 0 saturated heterocycles. The molecule has 0 atom stereocenters. The van der Waals surface area contributed by atoms with E-state index in [1.54, 1.807) is 7.11 Å². The molecule has 0 aliphatic carbocycles. The summed E-state index contributed by atoms with van der Waals surface area (Å²) in [4.78, 5) is 8.12. The maximum Gasteiger partial charge on any atom is 0.242 e. The first-order chi connectivity index (χ1) is 7.69. The molecule has 0 fully saturated rings. The van der Waals surface area contributed by atoms with Gasteiger partial charge in [-0.15, -0.1) is 0 Å². The minimum Gasteiger partial charge on any atom is -0.476 e. The van der Waals surface area contributed by atoms with Crippen molar-refractivity contribution in [1.82, 2.24) is 9.97 Å². The van der Waals surface area contributed by atoms with Crippen molar-refractivity contribution < 1.29 is 9.47 Å². The Hall–Kier alpha value is -1.56. The molecule has 6 heteroatoms. The first kappa shape index (κ1) is 12.5. The van der Waals surface area contributed by atoms with Crippen LogP contribution < -0.4 is 16.2 Å². The summed E-state index contributed by atoms with van der Waals surface area (Å²) in [6.07, 6.45) is 1.99. The van der Waals surface area contributed by atoms with E-state index < -0.39 is 0 Å². The number of nitrogens with two attached hydrogens (primary N) is 2. The van der Waals surface area contributed by atoms with Gasteiger partial charge in [-0.05, 0) is 6.42 Å². The smallest absolute Gasteiger partial charge is 0.242 e. The quantitative estimate of drug-likeness (QED) is 0.701. The van der Waals surface area contributed by atoms with Gasteiger partial charge in [0.15, 0.2) is 11.6 Å². The number of nitrogen functional groups attached to an aromatic ring is 2. The summed E-state index contributed by atoms with van der Waals surface area (Å²) in [6.45, 7) is 2.94. The number of rotatable bonds is 6. The Balaban J connectivity index is 2.79. The first-order valence-corrected chi connectivity index (χ1v) is 5.22. The van der Waals surface area contributed by atoms with Gasteiger partial charge in [0.05, 0.1) is 6.61 Å². The van der Waals surface area contributed by atoms with Crippen molar-refractivity contribution in [3.63, 3.8) is 0 Å².